The molecule has 9 heteroatoms. The van der Waals surface area contributed by atoms with Crippen LogP contribution in [0, 0.1) is 5.82 Å². The monoisotopic (exact) mass is 436 g/mol. The standard InChI is InChI=1S/C22H21FN6OS/c23-16-3-7-17(8-4-16)26-20-19-21(25-14-24-20)28-22(31-19)27-18-5-1-15(2-6-18)13-29-9-11-30-12-10-29/h1-8,14H,9-13H2,(H2,24,25,26,27,28). The predicted octanol–water partition coefficient (Wildman–Crippen LogP) is 4.54. The first kappa shape index (κ1) is 19.8. The van der Waals surface area contributed by atoms with Gasteiger partial charge in [-0.2, -0.15) is 4.98 Å². The van der Waals surface area contributed by atoms with Crippen molar-refractivity contribution in [3.05, 3.63) is 66.2 Å². The van der Waals surface area contributed by atoms with E-state index in [4.69, 9.17) is 4.74 Å². The number of ether oxygens (including phenoxy) is 1. The molecule has 7 nitrogen and oxygen atoms in total. The molecule has 2 aromatic carbocycles. The summed E-state index contributed by atoms with van der Waals surface area (Å²) in [5.74, 6) is 0.363. The summed E-state index contributed by atoms with van der Waals surface area (Å²) in [5.41, 5.74) is 3.59. The zero-order valence-electron chi connectivity index (χ0n) is 16.7. The Balaban J connectivity index is 1.29. The van der Waals surface area contributed by atoms with E-state index in [1.54, 1.807) is 12.1 Å². The van der Waals surface area contributed by atoms with Gasteiger partial charge in [0.15, 0.2) is 16.6 Å². The average Bonchev–Trinajstić information content (AvgIpc) is 3.21. The van der Waals surface area contributed by atoms with Crippen molar-refractivity contribution in [3.8, 4) is 0 Å². The third-order valence-electron chi connectivity index (χ3n) is 5.01. The molecule has 0 unspecified atom stereocenters. The van der Waals surface area contributed by atoms with Crippen LogP contribution in [0.5, 0.6) is 0 Å². The molecule has 1 saturated heterocycles. The lowest BCUT2D eigenvalue weighted by Crippen LogP contribution is -2.35. The fourth-order valence-corrected chi connectivity index (χ4v) is 4.29. The minimum atomic E-state index is -0.279. The number of thiazole rings is 1. The summed E-state index contributed by atoms with van der Waals surface area (Å²) in [6.07, 6.45) is 1.47. The highest BCUT2D eigenvalue weighted by Crippen LogP contribution is 2.32. The van der Waals surface area contributed by atoms with Gasteiger partial charge >= 0.3 is 0 Å². The minimum absolute atomic E-state index is 0.279. The summed E-state index contributed by atoms with van der Waals surface area (Å²) in [7, 11) is 0. The Kier molecular flexibility index (Phi) is 5.70. The number of hydrogen-bond donors (Lipinski definition) is 2. The summed E-state index contributed by atoms with van der Waals surface area (Å²) >= 11 is 1.47. The Morgan fingerprint density at radius 2 is 1.65 bits per heavy atom. The number of rotatable bonds is 6. The molecular weight excluding hydrogens is 415 g/mol. The number of nitrogens with zero attached hydrogens (tertiary/aromatic N) is 4. The third kappa shape index (κ3) is 4.79. The molecule has 1 aliphatic rings. The van der Waals surface area contributed by atoms with Crippen molar-refractivity contribution in [2.75, 3.05) is 36.9 Å². The van der Waals surface area contributed by atoms with Crippen LogP contribution in [0.1, 0.15) is 5.56 Å². The molecule has 5 rings (SSSR count). The number of morpholine rings is 1. The van der Waals surface area contributed by atoms with E-state index in [-0.39, 0.29) is 5.82 Å². The number of anilines is 4. The maximum Gasteiger partial charge on any atom is 0.189 e. The molecule has 0 amide bonds. The topological polar surface area (TPSA) is 75.2 Å². The molecule has 1 aliphatic heterocycles. The zero-order chi connectivity index (χ0) is 21.0. The van der Waals surface area contributed by atoms with Gasteiger partial charge in [-0.1, -0.05) is 23.5 Å². The number of fused-ring (bicyclic) bond motifs is 1. The van der Waals surface area contributed by atoms with Gasteiger partial charge in [-0.25, -0.2) is 14.4 Å². The number of hydrogen-bond acceptors (Lipinski definition) is 8. The highest BCUT2D eigenvalue weighted by atomic mass is 32.1. The van der Waals surface area contributed by atoms with Crippen molar-refractivity contribution in [1.82, 2.24) is 19.9 Å². The van der Waals surface area contributed by atoms with Crippen LogP contribution in [0.4, 0.5) is 26.7 Å². The summed E-state index contributed by atoms with van der Waals surface area (Å²) in [6, 6.07) is 14.5. The van der Waals surface area contributed by atoms with E-state index in [1.807, 2.05) is 0 Å². The molecule has 0 radical (unpaired) electrons. The second-order valence-corrected chi connectivity index (χ2v) is 8.24. The Bertz CT molecular complexity index is 1160. The second-order valence-electron chi connectivity index (χ2n) is 7.24. The first-order valence-electron chi connectivity index (χ1n) is 10.0. The van der Waals surface area contributed by atoms with E-state index in [0.717, 1.165) is 54.1 Å². The largest absolute Gasteiger partial charge is 0.379 e. The molecule has 1 fully saturated rings. The lowest BCUT2D eigenvalue weighted by Gasteiger charge is -2.26. The lowest BCUT2D eigenvalue weighted by atomic mass is 10.2. The summed E-state index contributed by atoms with van der Waals surface area (Å²) < 4.78 is 19.4. The zero-order valence-corrected chi connectivity index (χ0v) is 17.5. The molecular formula is C22H21FN6OS. The maximum atomic E-state index is 13.2. The van der Waals surface area contributed by atoms with Crippen LogP contribution >= 0.6 is 11.3 Å². The normalized spacial score (nSPS) is 14.6. The van der Waals surface area contributed by atoms with E-state index >= 15 is 0 Å². The molecule has 0 aliphatic carbocycles. The number of nitrogens with one attached hydrogen (secondary N) is 2. The molecule has 158 valence electrons. The van der Waals surface area contributed by atoms with Crippen LogP contribution in [0.2, 0.25) is 0 Å². The third-order valence-corrected chi connectivity index (χ3v) is 5.98. The maximum absolute atomic E-state index is 13.2. The van der Waals surface area contributed by atoms with Gasteiger partial charge in [0.2, 0.25) is 0 Å². The number of benzene rings is 2. The average molecular weight is 437 g/mol. The molecule has 2 aromatic heterocycles. The van der Waals surface area contributed by atoms with Crippen molar-refractivity contribution in [2.45, 2.75) is 6.54 Å². The number of halogens is 1. The fraction of sp³-hybridized carbons (Fsp3) is 0.227. The van der Waals surface area contributed by atoms with Crippen molar-refractivity contribution in [1.29, 1.82) is 0 Å². The Morgan fingerprint density at radius 1 is 0.935 bits per heavy atom. The summed E-state index contributed by atoms with van der Waals surface area (Å²) in [6.45, 7) is 4.48. The van der Waals surface area contributed by atoms with E-state index in [2.05, 4.69) is 54.8 Å². The van der Waals surface area contributed by atoms with Gasteiger partial charge in [0.1, 0.15) is 16.8 Å². The van der Waals surface area contributed by atoms with Gasteiger partial charge in [0.05, 0.1) is 13.2 Å². The highest BCUT2D eigenvalue weighted by Gasteiger charge is 2.13. The fourth-order valence-electron chi connectivity index (χ4n) is 3.40. The molecule has 0 atom stereocenters. The number of aromatic nitrogens is 3. The first-order chi connectivity index (χ1) is 15.2. The SMILES string of the molecule is Fc1ccc(Nc2ncnc3nc(Nc4ccc(CN5CCOCC5)cc4)sc23)cc1. The first-order valence-corrected chi connectivity index (χ1v) is 10.8. The molecule has 0 bridgehead atoms. The van der Waals surface area contributed by atoms with Crippen LogP contribution in [0.3, 0.4) is 0 Å². The van der Waals surface area contributed by atoms with E-state index < -0.39 is 0 Å². The Labute approximate surface area is 182 Å². The van der Waals surface area contributed by atoms with Gasteiger partial charge < -0.3 is 15.4 Å². The molecule has 2 N–H and O–H groups in total. The van der Waals surface area contributed by atoms with E-state index in [1.165, 1.54) is 35.4 Å². The van der Waals surface area contributed by atoms with Crippen molar-refractivity contribution in [3.63, 3.8) is 0 Å². The van der Waals surface area contributed by atoms with Crippen molar-refractivity contribution in [2.24, 2.45) is 0 Å². The van der Waals surface area contributed by atoms with Crippen LogP contribution in [-0.2, 0) is 11.3 Å². The van der Waals surface area contributed by atoms with Gasteiger partial charge in [0, 0.05) is 31.0 Å². The Morgan fingerprint density at radius 3 is 2.42 bits per heavy atom. The van der Waals surface area contributed by atoms with Crippen LogP contribution in [0.25, 0.3) is 10.3 Å². The smallest absolute Gasteiger partial charge is 0.189 e. The van der Waals surface area contributed by atoms with Crippen molar-refractivity contribution < 1.29 is 9.13 Å². The Hall–Kier alpha value is -3.14. The van der Waals surface area contributed by atoms with E-state index in [0.29, 0.717) is 11.5 Å². The van der Waals surface area contributed by atoms with Crippen LogP contribution < -0.4 is 10.6 Å². The second kappa shape index (κ2) is 8.93. The lowest BCUT2D eigenvalue weighted by molar-refractivity contribution is 0.0342. The van der Waals surface area contributed by atoms with Gasteiger partial charge in [-0.15, -0.1) is 0 Å². The molecule has 4 aromatic rings. The summed E-state index contributed by atoms with van der Waals surface area (Å²) in [5, 5.41) is 7.30. The van der Waals surface area contributed by atoms with Gasteiger partial charge in [-0.3, -0.25) is 4.90 Å². The molecule has 0 saturated carbocycles. The van der Waals surface area contributed by atoms with Crippen LogP contribution in [-0.4, -0.2) is 46.2 Å². The van der Waals surface area contributed by atoms with Crippen molar-refractivity contribution >= 4 is 44.0 Å². The minimum Gasteiger partial charge on any atom is -0.379 e. The molecule has 3 heterocycles. The quantitative estimate of drug-likeness (QED) is 0.459. The van der Waals surface area contributed by atoms with Gasteiger partial charge in [-0.05, 0) is 42.0 Å². The highest BCUT2D eigenvalue weighted by molar-refractivity contribution is 7.22. The summed E-state index contributed by atoms with van der Waals surface area (Å²) in [4.78, 5) is 15.6. The molecule has 0 spiro atoms. The molecule has 31 heavy (non-hydrogen) atoms. The van der Waals surface area contributed by atoms with Gasteiger partial charge in [0.25, 0.3) is 0 Å². The van der Waals surface area contributed by atoms with Crippen LogP contribution in [0.15, 0.2) is 54.9 Å². The van der Waals surface area contributed by atoms with E-state index in [9.17, 15) is 4.39 Å². The predicted molar refractivity (Wildman–Crippen MR) is 121 cm³/mol.